The molecule has 12 nitrogen and oxygen atoms in total. The molecule has 0 bridgehead atoms. The first-order chi connectivity index (χ1) is 21.2. The second-order valence-electron chi connectivity index (χ2n) is 12.1. The second kappa shape index (κ2) is 17.8. The Labute approximate surface area is 264 Å². The number of hydrogen-bond donors (Lipinski definition) is 3. The number of carboxylic acids is 3. The highest BCUT2D eigenvalue weighted by molar-refractivity contribution is 5.81. The van der Waals surface area contributed by atoms with Crippen LogP contribution in [0, 0.1) is 5.92 Å². The minimum Gasteiger partial charge on any atom is -0.481 e. The summed E-state index contributed by atoms with van der Waals surface area (Å²) in [6.45, 7) is 7.60. The molecule has 5 atom stereocenters. The number of carbonyl (C=O) groups is 5. The van der Waals surface area contributed by atoms with E-state index in [9.17, 15) is 29.1 Å². The summed E-state index contributed by atoms with van der Waals surface area (Å²) >= 11 is 0. The van der Waals surface area contributed by atoms with Crippen molar-refractivity contribution in [3.8, 4) is 0 Å². The number of ether oxygens (including phenoxy) is 4. The SMILES string of the molecule is CCCC[C@@]1(OC(=O)CCC(=O)O)CC[C@]2(CC[C@H](C)[C@@H](CC=C(C)COC(=O)CCC(=O)O)O2)O[C@H]1C=CC(C)=CC(=O)O. The van der Waals surface area contributed by atoms with Crippen molar-refractivity contribution >= 4 is 29.8 Å². The Bertz CT molecular complexity index is 1150. The molecule has 0 amide bonds. The monoisotopic (exact) mass is 636 g/mol. The first kappa shape index (κ1) is 37.7. The molecule has 2 aliphatic heterocycles. The van der Waals surface area contributed by atoms with Gasteiger partial charge >= 0.3 is 29.8 Å². The van der Waals surface area contributed by atoms with Crippen molar-refractivity contribution in [3.05, 3.63) is 35.5 Å². The van der Waals surface area contributed by atoms with E-state index in [1.165, 1.54) is 0 Å². The highest BCUT2D eigenvalue weighted by Crippen LogP contribution is 2.48. The number of esters is 2. The molecule has 252 valence electrons. The highest BCUT2D eigenvalue weighted by Gasteiger charge is 2.54. The number of unbranched alkanes of at least 4 members (excludes halogenated alkanes) is 1. The Morgan fingerprint density at radius 3 is 2.20 bits per heavy atom. The minimum atomic E-state index is -1.10. The van der Waals surface area contributed by atoms with Crippen molar-refractivity contribution in [2.75, 3.05) is 6.61 Å². The van der Waals surface area contributed by atoms with Crippen molar-refractivity contribution in [1.29, 1.82) is 0 Å². The molecule has 0 aliphatic carbocycles. The van der Waals surface area contributed by atoms with Gasteiger partial charge in [0.1, 0.15) is 18.3 Å². The normalized spacial score (nSPS) is 27.3. The average Bonchev–Trinajstić information content (AvgIpc) is 2.97. The Morgan fingerprint density at radius 2 is 1.58 bits per heavy atom. The van der Waals surface area contributed by atoms with Gasteiger partial charge in [-0.1, -0.05) is 38.5 Å². The molecular formula is C33H48O12. The van der Waals surface area contributed by atoms with Crippen LogP contribution < -0.4 is 0 Å². The number of carbonyl (C=O) groups excluding carboxylic acids is 2. The van der Waals surface area contributed by atoms with Gasteiger partial charge in [-0.15, -0.1) is 0 Å². The summed E-state index contributed by atoms with van der Waals surface area (Å²) in [6.07, 6.45) is 8.99. The number of hydrogen-bond acceptors (Lipinski definition) is 9. The maximum absolute atomic E-state index is 12.8. The summed E-state index contributed by atoms with van der Waals surface area (Å²) in [6, 6.07) is 0. The van der Waals surface area contributed by atoms with Crippen LogP contribution in [0.25, 0.3) is 0 Å². The lowest BCUT2D eigenvalue weighted by molar-refractivity contribution is -0.344. The maximum atomic E-state index is 12.8. The molecule has 2 heterocycles. The molecule has 2 saturated heterocycles. The second-order valence-corrected chi connectivity index (χ2v) is 12.1. The summed E-state index contributed by atoms with van der Waals surface area (Å²) < 4.78 is 24.6. The number of allylic oxidation sites excluding steroid dienone is 2. The first-order valence-corrected chi connectivity index (χ1v) is 15.6. The molecule has 45 heavy (non-hydrogen) atoms. The van der Waals surface area contributed by atoms with Crippen LogP contribution in [-0.4, -0.2) is 75.4 Å². The molecule has 0 aromatic heterocycles. The van der Waals surface area contributed by atoms with Gasteiger partial charge in [-0.2, -0.15) is 0 Å². The zero-order valence-electron chi connectivity index (χ0n) is 26.7. The van der Waals surface area contributed by atoms with Crippen LogP contribution in [0.2, 0.25) is 0 Å². The van der Waals surface area contributed by atoms with Gasteiger partial charge in [0, 0.05) is 18.9 Å². The van der Waals surface area contributed by atoms with Crippen LogP contribution in [0.15, 0.2) is 35.5 Å². The summed E-state index contributed by atoms with van der Waals surface area (Å²) in [5, 5.41) is 27.0. The lowest BCUT2D eigenvalue weighted by Gasteiger charge is -2.53. The van der Waals surface area contributed by atoms with E-state index in [0.717, 1.165) is 30.9 Å². The summed E-state index contributed by atoms with van der Waals surface area (Å²) in [5.74, 6) is -5.27. The fourth-order valence-electron chi connectivity index (χ4n) is 5.52. The van der Waals surface area contributed by atoms with Gasteiger partial charge in [0.05, 0.1) is 31.8 Å². The largest absolute Gasteiger partial charge is 0.481 e. The molecule has 3 N–H and O–H groups in total. The third-order valence-electron chi connectivity index (χ3n) is 8.17. The van der Waals surface area contributed by atoms with Crippen LogP contribution in [0.4, 0.5) is 0 Å². The van der Waals surface area contributed by atoms with E-state index in [4.69, 9.17) is 29.2 Å². The fourth-order valence-corrected chi connectivity index (χ4v) is 5.52. The summed E-state index contributed by atoms with van der Waals surface area (Å²) in [7, 11) is 0. The lowest BCUT2D eigenvalue weighted by Crippen LogP contribution is -2.59. The zero-order chi connectivity index (χ0) is 33.6. The Kier molecular flexibility index (Phi) is 14.9. The Hall–Kier alpha value is -3.51. The van der Waals surface area contributed by atoms with E-state index < -0.39 is 47.3 Å². The van der Waals surface area contributed by atoms with Gasteiger partial charge in [0.15, 0.2) is 5.79 Å². The van der Waals surface area contributed by atoms with E-state index in [1.807, 2.05) is 19.9 Å². The molecule has 2 rings (SSSR count). The van der Waals surface area contributed by atoms with Crippen molar-refractivity contribution in [2.45, 2.75) is 128 Å². The molecule has 0 aromatic rings. The van der Waals surface area contributed by atoms with Gasteiger partial charge in [-0.3, -0.25) is 19.2 Å². The van der Waals surface area contributed by atoms with Crippen LogP contribution in [0.3, 0.4) is 0 Å². The lowest BCUT2D eigenvalue weighted by atomic mass is 9.78. The van der Waals surface area contributed by atoms with E-state index in [1.54, 1.807) is 19.1 Å². The average molecular weight is 637 g/mol. The molecule has 0 saturated carbocycles. The van der Waals surface area contributed by atoms with E-state index in [-0.39, 0.29) is 44.3 Å². The molecule has 2 aliphatic rings. The maximum Gasteiger partial charge on any atom is 0.328 e. The topological polar surface area (TPSA) is 183 Å². The smallest absolute Gasteiger partial charge is 0.328 e. The van der Waals surface area contributed by atoms with Gasteiger partial charge < -0.3 is 34.3 Å². The third-order valence-corrected chi connectivity index (χ3v) is 8.17. The molecule has 1 spiro atoms. The van der Waals surface area contributed by atoms with Gasteiger partial charge in [-0.25, -0.2) is 4.79 Å². The number of aliphatic carboxylic acids is 3. The quantitative estimate of drug-likeness (QED) is 0.0807. The fraction of sp³-hybridized carbons (Fsp3) is 0.667. The van der Waals surface area contributed by atoms with Crippen LogP contribution in [0.5, 0.6) is 0 Å². The standard InChI is InChI=1S/C33H48O12/c1-5-6-16-32(45-31(41)14-12-28(36)37)18-19-33(44-26(32)10-8-22(2)20-29(38)39)17-15-24(4)25(43-33)9-7-23(3)21-42-30(40)13-11-27(34)35/h7-8,10,20,24-26H,5-6,9,11-19,21H2,1-4H3,(H,34,35)(H,36,37)(H,38,39)/t24-,25+,26-,32+,33-/m0/s1. The Balaban J connectivity index is 2.27. The van der Waals surface area contributed by atoms with E-state index in [0.29, 0.717) is 37.7 Å². The van der Waals surface area contributed by atoms with Gasteiger partial charge in [0.2, 0.25) is 0 Å². The van der Waals surface area contributed by atoms with Crippen LogP contribution >= 0.6 is 0 Å². The van der Waals surface area contributed by atoms with Crippen LogP contribution in [0.1, 0.15) is 105 Å². The van der Waals surface area contributed by atoms with Crippen molar-refractivity contribution < 1.29 is 58.2 Å². The van der Waals surface area contributed by atoms with Crippen molar-refractivity contribution in [2.24, 2.45) is 5.92 Å². The van der Waals surface area contributed by atoms with Crippen molar-refractivity contribution in [3.63, 3.8) is 0 Å². The predicted molar refractivity (Wildman–Crippen MR) is 162 cm³/mol. The molecule has 0 aromatic carbocycles. The van der Waals surface area contributed by atoms with Gasteiger partial charge in [-0.05, 0) is 63.0 Å². The zero-order valence-corrected chi connectivity index (χ0v) is 26.7. The Morgan fingerprint density at radius 1 is 0.911 bits per heavy atom. The first-order valence-electron chi connectivity index (χ1n) is 15.6. The number of carboxylic acid groups (broad SMARTS) is 3. The molecule has 0 unspecified atom stereocenters. The molecular weight excluding hydrogens is 588 g/mol. The third kappa shape index (κ3) is 12.8. The number of rotatable bonds is 17. The van der Waals surface area contributed by atoms with E-state index in [2.05, 4.69) is 6.92 Å². The van der Waals surface area contributed by atoms with E-state index >= 15 is 0 Å². The molecule has 0 radical (unpaired) electrons. The van der Waals surface area contributed by atoms with Crippen molar-refractivity contribution in [1.82, 2.24) is 0 Å². The predicted octanol–water partition coefficient (Wildman–Crippen LogP) is 5.35. The highest BCUT2D eigenvalue weighted by atomic mass is 16.7. The summed E-state index contributed by atoms with van der Waals surface area (Å²) in [4.78, 5) is 57.6. The summed E-state index contributed by atoms with van der Waals surface area (Å²) in [5.41, 5.74) is 0.180. The minimum absolute atomic E-state index is 0.0461. The van der Waals surface area contributed by atoms with Crippen LogP contribution in [-0.2, 0) is 42.9 Å². The van der Waals surface area contributed by atoms with Gasteiger partial charge in [0.25, 0.3) is 0 Å². The molecule has 12 heteroatoms. The molecule has 2 fully saturated rings.